The van der Waals surface area contributed by atoms with Crippen LogP contribution in [0.1, 0.15) is 41.5 Å². The molecule has 0 bridgehead atoms. The first-order valence-corrected chi connectivity index (χ1v) is 9.07. The van der Waals surface area contributed by atoms with Gasteiger partial charge in [-0.25, -0.2) is 9.97 Å². The third-order valence-corrected chi connectivity index (χ3v) is 4.88. The smallest absolute Gasteiger partial charge is 0.223 e. The second kappa shape index (κ2) is 6.83. The van der Waals surface area contributed by atoms with Gasteiger partial charge in [-0.3, -0.25) is 9.97 Å². The largest absolute Gasteiger partial charge is 0.346 e. The van der Waals surface area contributed by atoms with E-state index in [1.165, 1.54) is 18.4 Å². The number of pyridine rings is 2. The van der Waals surface area contributed by atoms with Crippen LogP contribution in [0, 0.1) is 26.7 Å². The van der Waals surface area contributed by atoms with E-state index in [0.717, 1.165) is 28.3 Å². The summed E-state index contributed by atoms with van der Waals surface area (Å²) in [5, 5.41) is 3.53. The maximum Gasteiger partial charge on any atom is 0.223 e. The lowest BCUT2D eigenvalue weighted by atomic mass is 10.0. The topological polar surface area (TPSA) is 63.6 Å². The second-order valence-corrected chi connectivity index (χ2v) is 7.02. The zero-order valence-corrected chi connectivity index (χ0v) is 15.4. The molecule has 0 aromatic carbocycles. The molecule has 1 N–H and O–H groups in total. The molecule has 0 radical (unpaired) electrons. The zero-order valence-electron chi connectivity index (χ0n) is 15.4. The Morgan fingerprint density at radius 3 is 2.54 bits per heavy atom. The summed E-state index contributed by atoms with van der Waals surface area (Å²) in [6.45, 7) is 6.12. The molecule has 5 nitrogen and oxygen atoms in total. The predicted molar refractivity (Wildman–Crippen MR) is 103 cm³/mol. The Morgan fingerprint density at radius 2 is 1.81 bits per heavy atom. The van der Waals surface area contributed by atoms with Crippen LogP contribution in [0.5, 0.6) is 0 Å². The SMILES string of the molecule is Cc1ccc(-c2ccnc(N[C@H](c3ncccc3C)C3CC3)n2)c(C)n1. The van der Waals surface area contributed by atoms with E-state index in [4.69, 9.17) is 4.98 Å². The van der Waals surface area contributed by atoms with Gasteiger partial charge in [-0.2, -0.15) is 0 Å². The first-order valence-electron chi connectivity index (χ1n) is 9.07. The monoisotopic (exact) mass is 345 g/mol. The maximum absolute atomic E-state index is 4.75. The van der Waals surface area contributed by atoms with Crippen molar-refractivity contribution in [3.05, 3.63) is 65.4 Å². The summed E-state index contributed by atoms with van der Waals surface area (Å²) in [4.78, 5) is 18.4. The summed E-state index contributed by atoms with van der Waals surface area (Å²) in [5.74, 6) is 1.24. The molecule has 0 spiro atoms. The number of hydrogen-bond acceptors (Lipinski definition) is 5. The number of hydrogen-bond donors (Lipinski definition) is 1. The minimum Gasteiger partial charge on any atom is -0.346 e. The molecule has 1 saturated carbocycles. The van der Waals surface area contributed by atoms with Crippen molar-refractivity contribution in [3.63, 3.8) is 0 Å². The number of aryl methyl sites for hydroxylation is 3. The summed E-state index contributed by atoms with van der Waals surface area (Å²) in [6, 6.07) is 10.3. The van der Waals surface area contributed by atoms with Crippen molar-refractivity contribution >= 4 is 5.95 Å². The standard InChI is InChI=1S/C21H23N5/c1-13-5-4-11-22-19(13)20(16-7-8-16)26-21-23-12-10-18(25-21)17-9-6-14(2)24-15(17)3/h4-6,9-12,16,20H,7-8H2,1-3H3,(H,23,25,26)/t20-/m0/s1. The first-order chi connectivity index (χ1) is 12.6. The molecular weight excluding hydrogens is 322 g/mol. The highest BCUT2D eigenvalue weighted by Gasteiger charge is 2.34. The Kier molecular flexibility index (Phi) is 4.37. The highest BCUT2D eigenvalue weighted by Crippen LogP contribution is 2.42. The van der Waals surface area contributed by atoms with E-state index in [1.807, 2.05) is 38.2 Å². The van der Waals surface area contributed by atoms with Crippen molar-refractivity contribution in [2.24, 2.45) is 5.92 Å². The van der Waals surface area contributed by atoms with Crippen LogP contribution in [0.25, 0.3) is 11.3 Å². The molecule has 3 aromatic rings. The normalized spacial score (nSPS) is 14.9. The number of rotatable bonds is 5. The van der Waals surface area contributed by atoms with E-state index in [2.05, 4.69) is 39.3 Å². The zero-order chi connectivity index (χ0) is 18.1. The van der Waals surface area contributed by atoms with Gasteiger partial charge in [-0.05, 0) is 69.4 Å². The molecule has 0 saturated heterocycles. The van der Waals surface area contributed by atoms with E-state index in [-0.39, 0.29) is 6.04 Å². The third kappa shape index (κ3) is 3.43. The maximum atomic E-state index is 4.75. The van der Waals surface area contributed by atoms with Crippen LogP contribution in [0.3, 0.4) is 0 Å². The lowest BCUT2D eigenvalue weighted by molar-refractivity contribution is 0.647. The molecule has 3 aromatic heterocycles. The fraction of sp³-hybridized carbons (Fsp3) is 0.333. The summed E-state index contributed by atoms with van der Waals surface area (Å²) >= 11 is 0. The van der Waals surface area contributed by atoms with Gasteiger partial charge in [0.2, 0.25) is 5.95 Å². The summed E-state index contributed by atoms with van der Waals surface area (Å²) in [5.41, 5.74) is 6.22. The molecule has 1 aliphatic carbocycles. The highest BCUT2D eigenvalue weighted by molar-refractivity contribution is 5.62. The summed E-state index contributed by atoms with van der Waals surface area (Å²) < 4.78 is 0. The average Bonchev–Trinajstić information content (AvgIpc) is 3.46. The van der Waals surface area contributed by atoms with Crippen molar-refractivity contribution < 1.29 is 0 Å². The Morgan fingerprint density at radius 1 is 0.962 bits per heavy atom. The Labute approximate surface area is 154 Å². The first kappa shape index (κ1) is 16.6. The lowest BCUT2D eigenvalue weighted by Crippen LogP contribution is -2.17. The fourth-order valence-electron chi connectivity index (χ4n) is 3.34. The van der Waals surface area contributed by atoms with E-state index < -0.39 is 0 Å². The van der Waals surface area contributed by atoms with Crippen LogP contribution in [-0.2, 0) is 0 Å². The van der Waals surface area contributed by atoms with Crippen molar-refractivity contribution in [3.8, 4) is 11.3 Å². The number of nitrogens with zero attached hydrogens (tertiary/aromatic N) is 4. The molecule has 26 heavy (non-hydrogen) atoms. The minimum atomic E-state index is 0.156. The quantitative estimate of drug-likeness (QED) is 0.741. The molecule has 5 heteroatoms. The van der Waals surface area contributed by atoms with Gasteiger partial charge in [0, 0.05) is 29.3 Å². The molecule has 4 rings (SSSR count). The molecule has 0 aliphatic heterocycles. The van der Waals surface area contributed by atoms with Gasteiger partial charge < -0.3 is 5.32 Å². The second-order valence-electron chi connectivity index (χ2n) is 7.02. The number of anilines is 1. The van der Waals surface area contributed by atoms with E-state index in [9.17, 15) is 0 Å². The molecule has 1 aliphatic rings. The lowest BCUT2D eigenvalue weighted by Gasteiger charge is -2.19. The van der Waals surface area contributed by atoms with Crippen LogP contribution >= 0.6 is 0 Å². The van der Waals surface area contributed by atoms with Crippen molar-refractivity contribution in [1.82, 2.24) is 19.9 Å². The van der Waals surface area contributed by atoms with Gasteiger partial charge >= 0.3 is 0 Å². The average molecular weight is 345 g/mol. The van der Waals surface area contributed by atoms with Gasteiger partial charge in [0.25, 0.3) is 0 Å². The molecular formula is C21H23N5. The van der Waals surface area contributed by atoms with Crippen LogP contribution in [0.15, 0.2) is 42.7 Å². The van der Waals surface area contributed by atoms with Gasteiger partial charge in [0.1, 0.15) is 0 Å². The van der Waals surface area contributed by atoms with Crippen molar-refractivity contribution in [2.45, 2.75) is 39.7 Å². The summed E-state index contributed by atoms with van der Waals surface area (Å²) in [6.07, 6.45) is 6.10. The van der Waals surface area contributed by atoms with Crippen molar-refractivity contribution in [1.29, 1.82) is 0 Å². The van der Waals surface area contributed by atoms with Crippen LogP contribution in [0.2, 0.25) is 0 Å². The third-order valence-electron chi connectivity index (χ3n) is 4.88. The van der Waals surface area contributed by atoms with Crippen LogP contribution < -0.4 is 5.32 Å². The molecule has 1 atom stereocenters. The summed E-state index contributed by atoms with van der Waals surface area (Å²) in [7, 11) is 0. The van der Waals surface area contributed by atoms with E-state index in [0.29, 0.717) is 11.9 Å². The van der Waals surface area contributed by atoms with Gasteiger partial charge in [-0.15, -0.1) is 0 Å². The predicted octanol–water partition coefficient (Wildman–Crippen LogP) is 4.42. The Balaban J connectivity index is 1.65. The van der Waals surface area contributed by atoms with Crippen LogP contribution in [-0.4, -0.2) is 19.9 Å². The molecule has 3 heterocycles. The van der Waals surface area contributed by atoms with Crippen molar-refractivity contribution in [2.75, 3.05) is 5.32 Å². The van der Waals surface area contributed by atoms with Gasteiger partial charge in [0.05, 0.1) is 17.4 Å². The molecule has 1 fully saturated rings. The number of aromatic nitrogens is 4. The van der Waals surface area contributed by atoms with Crippen LogP contribution in [0.4, 0.5) is 5.95 Å². The Bertz CT molecular complexity index is 933. The molecule has 0 amide bonds. The van der Waals surface area contributed by atoms with E-state index in [1.54, 1.807) is 6.20 Å². The molecule has 132 valence electrons. The van der Waals surface area contributed by atoms with Gasteiger partial charge in [-0.1, -0.05) is 6.07 Å². The minimum absolute atomic E-state index is 0.156. The van der Waals surface area contributed by atoms with Gasteiger partial charge in [0.15, 0.2) is 0 Å². The Hall–Kier alpha value is -2.82. The number of nitrogens with one attached hydrogen (secondary N) is 1. The fourth-order valence-corrected chi connectivity index (χ4v) is 3.34. The van der Waals surface area contributed by atoms with E-state index >= 15 is 0 Å². The molecule has 0 unspecified atom stereocenters. The highest BCUT2D eigenvalue weighted by atomic mass is 15.1.